The van der Waals surface area contributed by atoms with Crippen LogP contribution in [0.3, 0.4) is 0 Å². The molecule has 0 radical (unpaired) electrons. The van der Waals surface area contributed by atoms with Crippen LogP contribution in [-0.4, -0.2) is 9.85 Å². The van der Waals surface area contributed by atoms with Crippen molar-refractivity contribution < 1.29 is 9.85 Å². The molecule has 2 rings (SSSR count). The third-order valence-corrected chi connectivity index (χ3v) is 2.38. The zero-order chi connectivity index (χ0) is 14.5. The van der Waals surface area contributed by atoms with Crippen LogP contribution in [0.2, 0.25) is 0 Å². The Kier molecular flexibility index (Phi) is 3.75. The Balaban J connectivity index is 2.18. The molecule has 8 nitrogen and oxygen atoms in total. The van der Waals surface area contributed by atoms with Crippen LogP contribution in [0.1, 0.15) is 0 Å². The molecule has 0 aromatic heterocycles. The molecule has 0 aliphatic heterocycles. The van der Waals surface area contributed by atoms with Crippen molar-refractivity contribution in [2.45, 2.75) is 0 Å². The molecular formula is C12H8N4O4. The Hall–Kier alpha value is -3.16. The van der Waals surface area contributed by atoms with Crippen LogP contribution in [0.15, 0.2) is 58.8 Å². The second-order valence-corrected chi connectivity index (χ2v) is 3.75. The summed E-state index contributed by atoms with van der Waals surface area (Å²) in [6, 6.07) is 11.2. The molecule has 0 bridgehead atoms. The first kappa shape index (κ1) is 13.3. The molecule has 0 atom stereocenters. The van der Waals surface area contributed by atoms with Gasteiger partial charge >= 0.3 is 0 Å². The highest BCUT2D eigenvalue weighted by atomic mass is 16.6. The van der Waals surface area contributed by atoms with Crippen molar-refractivity contribution in [3.63, 3.8) is 0 Å². The summed E-state index contributed by atoms with van der Waals surface area (Å²) < 4.78 is 0. The molecule has 0 amide bonds. The molecule has 2 aromatic carbocycles. The summed E-state index contributed by atoms with van der Waals surface area (Å²) in [4.78, 5) is 20.0. The van der Waals surface area contributed by atoms with Gasteiger partial charge in [0.15, 0.2) is 0 Å². The SMILES string of the molecule is O=[N+]([O-])c1ccc(N=Nc2cccc([N+](=O)[O-])c2)cc1. The Morgan fingerprint density at radius 1 is 0.750 bits per heavy atom. The van der Waals surface area contributed by atoms with Gasteiger partial charge in [0.1, 0.15) is 0 Å². The van der Waals surface area contributed by atoms with Gasteiger partial charge in [0.25, 0.3) is 11.4 Å². The highest BCUT2D eigenvalue weighted by molar-refractivity contribution is 5.48. The van der Waals surface area contributed by atoms with Crippen LogP contribution in [0, 0.1) is 20.2 Å². The Morgan fingerprint density at radius 3 is 1.95 bits per heavy atom. The van der Waals surface area contributed by atoms with Gasteiger partial charge in [-0.15, -0.1) is 0 Å². The van der Waals surface area contributed by atoms with Crippen LogP contribution in [-0.2, 0) is 0 Å². The molecule has 20 heavy (non-hydrogen) atoms. The molecule has 0 fully saturated rings. The number of hydrogen-bond donors (Lipinski definition) is 0. The molecule has 100 valence electrons. The lowest BCUT2D eigenvalue weighted by Crippen LogP contribution is -1.86. The molecule has 0 saturated heterocycles. The molecule has 0 heterocycles. The molecule has 0 unspecified atom stereocenters. The molecule has 8 heteroatoms. The first-order valence-electron chi connectivity index (χ1n) is 5.47. The van der Waals surface area contributed by atoms with Gasteiger partial charge < -0.3 is 0 Å². The van der Waals surface area contributed by atoms with Crippen molar-refractivity contribution in [1.82, 2.24) is 0 Å². The average Bonchev–Trinajstić information content (AvgIpc) is 2.46. The summed E-state index contributed by atoms with van der Waals surface area (Å²) in [5.74, 6) is 0. The van der Waals surface area contributed by atoms with Gasteiger partial charge in [-0.1, -0.05) is 6.07 Å². The van der Waals surface area contributed by atoms with Crippen molar-refractivity contribution in [3.8, 4) is 0 Å². The van der Waals surface area contributed by atoms with Crippen molar-refractivity contribution >= 4 is 22.7 Å². The van der Waals surface area contributed by atoms with Gasteiger partial charge in [-0.05, 0) is 18.2 Å². The maximum absolute atomic E-state index is 10.6. The predicted octanol–water partition coefficient (Wildman–Crippen LogP) is 3.92. The van der Waals surface area contributed by atoms with Gasteiger partial charge in [-0.3, -0.25) is 20.2 Å². The van der Waals surface area contributed by atoms with E-state index in [1.54, 1.807) is 6.07 Å². The molecule has 0 aliphatic carbocycles. The topological polar surface area (TPSA) is 111 Å². The van der Waals surface area contributed by atoms with Crippen LogP contribution < -0.4 is 0 Å². The largest absolute Gasteiger partial charge is 0.271 e. The van der Waals surface area contributed by atoms with E-state index in [2.05, 4.69) is 10.2 Å². The summed E-state index contributed by atoms with van der Waals surface area (Å²) in [6.07, 6.45) is 0. The summed E-state index contributed by atoms with van der Waals surface area (Å²) in [5.41, 5.74) is 0.629. The minimum absolute atomic E-state index is 0.0423. The third kappa shape index (κ3) is 3.19. The van der Waals surface area contributed by atoms with Crippen LogP contribution >= 0.6 is 0 Å². The lowest BCUT2D eigenvalue weighted by molar-refractivity contribution is -0.385. The van der Waals surface area contributed by atoms with E-state index in [0.717, 1.165) is 0 Å². The van der Waals surface area contributed by atoms with Gasteiger partial charge in [0.05, 0.1) is 21.2 Å². The van der Waals surface area contributed by atoms with E-state index < -0.39 is 9.85 Å². The number of azo groups is 1. The standard InChI is InChI=1S/C12H8N4O4/c17-15(18)11-6-4-9(5-7-11)13-14-10-2-1-3-12(8-10)16(19)20/h1-8H. The molecular weight excluding hydrogens is 264 g/mol. The fourth-order valence-corrected chi connectivity index (χ4v) is 1.43. The molecule has 0 N–H and O–H groups in total. The molecule has 0 aliphatic rings. The highest BCUT2D eigenvalue weighted by Gasteiger charge is 2.05. The van der Waals surface area contributed by atoms with E-state index >= 15 is 0 Å². The number of benzene rings is 2. The van der Waals surface area contributed by atoms with Gasteiger partial charge in [-0.25, -0.2) is 0 Å². The maximum atomic E-state index is 10.6. The second kappa shape index (κ2) is 5.65. The van der Waals surface area contributed by atoms with Crippen LogP contribution in [0.4, 0.5) is 22.7 Å². The normalized spacial score (nSPS) is 10.6. The zero-order valence-electron chi connectivity index (χ0n) is 10.0. The van der Waals surface area contributed by atoms with Gasteiger partial charge in [-0.2, -0.15) is 10.2 Å². The summed E-state index contributed by atoms with van der Waals surface area (Å²) >= 11 is 0. The van der Waals surface area contributed by atoms with E-state index in [1.165, 1.54) is 42.5 Å². The number of rotatable bonds is 4. The fraction of sp³-hybridized carbons (Fsp3) is 0. The van der Waals surface area contributed by atoms with Crippen LogP contribution in [0.25, 0.3) is 0 Å². The summed E-state index contributed by atoms with van der Waals surface area (Å²) in [7, 11) is 0. The molecule has 0 saturated carbocycles. The van der Waals surface area contributed by atoms with Gasteiger partial charge in [0.2, 0.25) is 0 Å². The Morgan fingerprint density at radius 2 is 1.35 bits per heavy atom. The average molecular weight is 272 g/mol. The number of nitro groups is 2. The number of non-ortho nitro benzene ring substituents is 2. The van der Waals surface area contributed by atoms with Crippen molar-refractivity contribution in [2.24, 2.45) is 10.2 Å². The molecule has 0 spiro atoms. The lowest BCUT2D eigenvalue weighted by Gasteiger charge is -1.94. The second-order valence-electron chi connectivity index (χ2n) is 3.75. The zero-order valence-corrected chi connectivity index (χ0v) is 10.0. The third-order valence-electron chi connectivity index (χ3n) is 2.38. The van der Waals surface area contributed by atoms with E-state index in [4.69, 9.17) is 0 Å². The molecule has 2 aromatic rings. The van der Waals surface area contributed by atoms with Crippen LogP contribution in [0.5, 0.6) is 0 Å². The Labute approximate surface area is 112 Å². The first-order chi connectivity index (χ1) is 9.56. The monoisotopic (exact) mass is 272 g/mol. The Bertz CT molecular complexity index is 682. The quantitative estimate of drug-likeness (QED) is 0.477. The highest BCUT2D eigenvalue weighted by Crippen LogP contribution is 2.23. The number of nitro benzene ring substituents is 2. The summed E-state index contributed by atoms with van der Waals surface area (Å²) in [5, 5.41) is 28.8. The van der Waals surface area contributed by atoms with E-state index in [9.17, 15) is 20.2 Å². The first-order valence-corrected chi connectivity index (χ1v) is 5.47. The van der Waals surface area contributed by atoms with Crippen molar-refractivity contribution in [2.75, 3.05) is 0 Å². The van der Waals surface area contributed by atoms with Crippen molar-refractivity contribution in [3.05, 3.63) is 68.8 Å². The van der Waals surface area contributed by atoms with E-state index in [-0.39, 0.29) is 11.4 Å². The smallest absolute Gasteiger partial charge is 0.258 e. The minimum atomic E-state index is -0.523. The summed E-state index contributed by atoms with van der Waals surface area (Å²) in [6.45, 7) is 0. The van der Waals surface area contributed by atoms with Gasteiger partial charge in [0, 0.05) is 24.3 Å². The number of nitrogens with zero attached hydrogens (tertiary/aromatic N) is 4. The number of hydrogen-bond acceptors (Lipinski definition) is 6. The maximum Gasteiger partial charge on any atom is 0.271 e. The fourth-order valence-electron chi connectivity index (χ4n) is 1.43. The lowest BCUT2D eigenvalue weighted by atomic mass is 10.3. The van der Waals surface area contributed by atoms with E-state index in [1.807, 2.05) is 0 Å². The predicted molar refractivity (Wildman–Crippen MR) is 70.4 cm³/mol. The van der Waals surface area contributed by atoms with Crippen molar-refractivity contribution in [1.29, 1.82) is 0 Å². The minimum Gasteiger partial charge on any atom is -0.258 e. The van der Waals surface area contributed by atoms with E-state index in [0.29, 0.717) is 11.4 Å².